The Morgan fingerprint density at radius 3 is 2.50 bits per heavy atom. The lowest BCUT2D eigenvalue weighted by Crippen LogP contribution is -2.47. The summed E-state index contributed by atoms with van der Waals surface area (Å²) in [7, 11) is 0. The number of carbonyl (C=O) groups excluding carboxylic acids is 2. The van der Waals surface area contributed by atoms with Gasteiger partial charge in [-0.25, -0.2) is 0 Å². The van der Waals surface area contributed by atoms with Gasteiger partial charge in [-0.05, 0) is 83.1 Å². The van der Waals surface area contributed by atoms with E-state index in [1.165, 1.54) is 5.57 Å². The van der Waals surface area contributed by atoms with Crippen molar-refractivity contribution in [1.29, 1.82) is 0 Å². The number of esters is 1. The molecule has 1 fully saturated rings. The molecule has 0 spiro atoms. The smallest absolute Gasteiger partial charge is 0.311 e. The molecule has 0 aromatic carbocycles. The molecule has 1 saturated heterocycles. The molecule has 7 atom stereocenters. The highest BCUT2D eigenvalue weighted by atomic mass is 16.7. The zero-order valence-electron chi connectivity index (χ0n) is 25.2. The number of allylic oxidation sites excluding steroid dienone is 3. The molecule has 0 saturated carbocycles. The highest BCUT2D eigenvalue weighted by Gasteiger charge is 2.44. The zero-order chi connectivity index (χ0) is 28.1. The van der Waals surface area contributed by atoms with Crippen molar-refractivity contribution >= 4 is 11.9 Å². The van der Waals surface area contributed by atoms with Crippen LogP contribution in [-0.2, 0) is 23.8 Å². The van der Waals surface area contributed by atoms with Crippen molar-refractivity contribution in [3.05, 3.63) is 23.8 Å². The van der Waals surface area contributed by atoms with Gasteiger partial charge in [0.25, 0.3) is 0 Å². The second-order valence-corrected chi connectivity index (χ2v) is 13.1. The monoisotopic (exact) mass is 531 g/mol. The number of carbonyl (C=O) groups is 2. The van der Waals surface area contributed by atoms with Crippen molar-refractivity contribution in [2.24, 2.45) is 29.1 Å². The SMILES string of the molecule is CCCCNC(=O)C[C@H]1C[C@@H](CC[C@@H]2[C@@H]3C(=C[C@H](C)C[C@@H]3OC(=O)C(C)(C)CC)C=C[C@@H]2C)OC(C)(C)O1. The average molecular weight is 532 g/mol. The van der Waals surface area contributed by atoms with E-state index in [4.69, 9.17) is 14.2 Å². The summed E-state index contributed by atoms with van der Waals surface area (Å²) in [5.74, 6) is 0.586. The van der Waals surface area contributed by atoms with Crippen molar-refractivity contribution in [1.82, 2.24) is 5.32 Å². The van der Waals surface area contributed by atoms with Gasteiger partial charge in [0.1, 0.15) is 6.10 Å². The fourth-order valence-corrected chi connectivity index (χ4v) is 6.25. The van der Waals surface area contributed by atoms with Gasteiger partial charge in [-0.3, -0.25) is 9.59 Å². The van der Waals surface area contributed by atoms with Crippen LogP contribution in [0.1, 0.15) is 107 Å². The first kappa shape index (κ1) is 30.9. The van der Waals surface area contributed by atoms with E-state index in [0.29, 0.717) is 24.2 Å². The quantitative estimate of drug-likeness (QED) is 0.236. The Labute approximate surface area is 231 Å². The van der Waals surface area contributed by atoms with E-state index in [9.17, 15) is 9.59 Å². The first-order valence-corrected chi connectivity index (χ1v) is 15.1. The Kier molecular flexibility index (Phi) is 10.7. The molecule has 3 rings (SSSR count). The summed E-state index contributed by atoms with van der Waals surface area (Å²) in [6, 6.07) is 0. The van der Waals surface area contributed by atoms with E-state index < -0.39 is 11.2 Å². The number of hydrogen-bond acceptors (Lipinski definition) is 5. The maximum Gasteiger partial charge on any atom is 0.311 e. The van der Waals surface area contributed by atoms with Crippen molar-refractivity contribution in [2.75, 3.05) is 6.54 Å². The van der Waals surface area contributed by atoms with E-state index in [1.54, 1.807) is 0 Å². The molecule has 1 heterocycles. The topological polar surface area (TPSA) is 73.9 Å². The minimum absolute atomic E-state index is 0.0280. The van der Waals surface area contributed by atoms with Gasteiger partial charge in [0.15, 0.2) is 5.79 Å². The van der Waals surface area contributed by atoms with Crippen LogP contribution in [0.5, 0.6) is 0 Å². The number of nitrogens with one attached hydrogen (secondary N) is 1. The van der Waals surface area contributed by atoms with Crippen LogP contribution in [0.2, 0.25) is 0 Å². The van der Waals surface area contributed by atoms with Crippen LogP contribution < -0.4 is 5.32 Å². The van der Waals surface area contributed by atoms with Crippen molar-refractivity contribution in [3.8, 4) is 0 Å². The largest absolute Gasteiger partial charge is 0.461 e. The molecule has 0 unspecified atom stereocenters. The fourth-order valence-electron chi connectivity index (χ4n) is 6.25. The van der Waals surface area contributed by atoms with Crippen LogP contribution in [0.4, 0.5) is 0 Å². The van der Waals surface area contributed by atoms with Crippen molar-refractivity contribution in [3.63, 3.8) is 0 Å². The molecule has 6 nitrogen and oxygen atoms in total. The minimum Gasteiger partial charge on any atom is -0.461 e. The molecule has 0 radical (unpaired) electrons. The maximum absolute atomic E-state index is 13.1. The summed E-state index contributed by atoms with van der Waals surface area (Å²) in [5.41, 5.74) is 0.837. The maximum atomic E-state index is 13.1. The van der Waals surface area contributed by atoms with Crippen molar-refractivity contribution < 1.29 is 23.8 Å². The molecular weight excluding hydrogens is 478 g/mol. The van der Waals surface area contributed by atoms with Gasteiger partial charge in [-0.1, -0.05) is 52.3 Å². The van der Waals surface area contributed by atoms with Gasteiger partial charge in [-0.15, -0.1) is 0 Å². The van der Waals surface area contributed by atoms with Crippen LogP contribution in [0.25, 0.3) is 0 Å². The van der Waals surface area contributed by atoms with Crippen molar-refractivity contribution in [2.45, 2.75) is 131 Å². The molecule has 0 aromatic rings. The molecule has 6 heteroatoms. The summed E-state index contributed by atoms with van der Waals surface area (Å²) in [5, 5.41) is 3.02. The van der Waals surface area contributed by atoms with Gasteiger partial charge in [0, 0.05) is 18.9 Å². The molecule has 2 aliphatic carbocycles. The lowest BCUT2D eigenvalue weighted by molar-refractivity contribution is -0.300. The Morgan fingerprint density at radius 1 is 1.11 bits per heavy atom. The van der Waals surface area contributed by atoms with E-state index in [2.05, 4.69) is 44.3 Å². The summed E-state index contributed by atoms with van der Waals surface area (Å²) < 4.78 is 18.8. The summed E-state index contributed by atoms with van der Waals surface area (Å²) >= 11 is 0. The summed E-state index contributed by atoms with van der Waals surface area (Å²) in [4.78, 5) is 25.6. The van der Waals surface area contributed by atoms with Crippen LogP contribution in [0, 0.1) is 29.1 Å². The predicted octanol–water partition coefficient (Wildman–Crippen LogP) is 6.74. The molecule has 38 heavy (non-hydrogen) atoms. The average Bonchev–Trinajstić information content (AvgIpc) is 2.82. The summed E-state index contributed by atoms with van der Waals surface area (Å²) in [6.45, 7) is 17.2. The lowest BCUT2D eigenvalue weighted by Gasteiger charge is -2.45. The molecule has 0 aromatic heterocycles. The first-order valence-electron chi connectivity index (χ1n) is 15.1. The molecule has 0 bridgehead atoms. The van der Waals surface area contributed by atoms with E-state index in [0.717, 1.165) is 51.5 Å². The number of unbranched alkanes of at least 4 members (excludes halogenated alkanes) is 1. The Morgan fingerprint density at radius 2 is 1.82 bits per heavy atom. The molecule has 216 valence electrons. The molecular formula is C32H53NO5. The third kappa shape index (κ3) is 8.17. The molecule has 3 aliphatic rings. The molecule has 1 amide bonds. The Balaban J connectivity index is 1.69. The fraction of sp³-hybridized carbons (Fsp3) is 0.812. The third-order valence-electron chi connectivity index (χ3n) is 8.80. The number of ether oxygens (including phenoxy) is 3. The normalized spacial score (nSPS) is 32.7. The number of amides is 1. The van der Waals surface area contributed by atoms with E-state index in [-0.39, 0.29) is 36.1 Å². The predicted molar refractivity (Wildman–Crippen MR) is 151 cm³/mol. The van der Waals surface area contributed by atoms with Crippen LogP contribution >= 0.6 is 0 Å². The zero-order valence-corrected chi connectivity index (χ0v) is 25.2. The third-order valence-corrected chi connectivity index (χ3v) is 8.80. The van der Waals surface area contributed by atoms with Gasteiger partial charge >= 0.3 is 5.97 Å². The first-order chi connectivity index (χ1) is 17.8. The highest BCUT2D eigenvalue weighted by molar-refractivity contribution is 5.76. The van der Waals surface area contributed by atoms with E-state index in [1.807, 2.05) is 34.6 Å². The Bertz CT molecular complexity index is 875. The van der Waals surface area contributed by atoms with Gasteiger partial charge in [-0.2, -0.15) is 0 Å². The van der Waals surface area contributed by atoms with Gasteiger partial charge in [0.05, 0.1) is 24.0 Å². The van der Waals surface area contributed by atoms with Gasteiger partial charge in [0.2, 0.25) is 5.91 Å². The molecule has 1 aliphatic heterocycles. The summed E-state index contributed by atoms with van der Waals surface area (Å²) in [6.07, 6.45) is 13.4. The van der Waals surface area contributed by atoms with Crippen LogP contribution in [0.3, 0.4) is 0 Å². The number of fused-ring (bicyclic) bond motifs is 1. The van der Waals surface area contributed by atoms with Gasteiger partial charge < -0.3 is 19.5 Å². The molecule has 1 N–H and O–H groups in total. The minimum atomic E-state index is -0.718. The standard InChI is InChI=1S/C32H53NO5/c1-9-11-16-33-28(34)20-25-19-24(37-32(7,8)38-25)14-15-26-22(4)12-13-23-17-21(3)18-27(29(23)26)36-30(35)31(5,6)10-2/h12-13,17,21-22,24-27,29H,9-11,14-16,18-20H2,1-8H3,(H,33,34)/t21-,22-,24+,25+,26-,27-,29-/m0/s1. The second kappa shape index (κ2) is 13.1. The number of rotatable bonds is 11. The lowest BCUT2D eigenvalue weighted by atomic mass is 9.65. The van der Waals surface area contributed by atoms with E-state index >= 15 is 0 Å². The van der Waals surface area contributed by atoms with Crippen LogP contribution in [0.15, 0.2) is 23.8 Å². The number of hydrogen-bond donors (Lipinski definition) is 1. The second-order valence-electron chi connectivity index (χ2n) is 13.1. The van der Waals surface area contributed by atoms with Crippen LogP contribution in [-0.4, -0.2) is 42.5 Å². The Hall–Kier alpha value is -1.66. The highest BCUT2D eigenvalue weighted by Crippen LogP contribution is 2.46.